The number of carbonyl (C=O) groups is 2. The average Bonchev–Trinajstić information content (AvgIpc) is 2.63. The van der Waals surface area contributed by atoms with E-state index in [4.69, 9.17) is 0 Å². The highest BCUT2D eigenvalue weighted by Crippen LogP contribution is 2.14. The maximum Gasteiger partial charge on any atom is 0.251 e. The monoisotopic (exact) mass is 356 g/mol. The van der Waals surface area contributed by atoms with E-state index in [1.807, 2.05) is 54.6 Å². The molecule has 0 unspecified atom stereocenters. The largest absolute Gasteiger partial charge is 0.352 e. The summed E-state index contributed by atoms with van der Waals surface area (Å²) in [5, 5.41) is 5.77. The van der Waals surface area contributed by atoms with E-state index in [1.54, 1.807) is 11.8 Å². The molecule has 0 fully saturated rings. The number of benzene rings is 2. The first kappa shape index (κ1) is 19.1. The summed E-state index contributed by atoms with van der Waals surface area (Å²) in [6.07, 6.45) is 2.06. The summed E-state index contributed by atoms with van der Waals surface area (Å²) >= 11 is 1.55. The third-order valence-electron chi connectivity index (χ3n) is 3.59. The molecule has 0 saturated heterocycles. The lowest BCUT2D eigenvalue weighted by molar-refractivity contribution is -0.113. The van der Waals surface area contributed by atoms with Crippen molar-refractivity contribution in [1.82, 2.24) is 5.32 Å². The number of carbonyl (C=O) groups excluding carboxylic acids is 2. The summed E-state index contributed by atoms with van der Waals surface area (Å²) in [6, 6.07) is 17.0. The van der Waals surface area contributed by atoms with Crippen LogP contribution in [0.15, 0.2) is 54.6 Å². The fourth-order valence-corrected chi connectivity index (χ4v) is 3.00. The van der Waals surface area contributed by atoms with Gasteiger partial charge in [0, 0.05) is 23.5 Å². The van der Waals surface area contributed by atoms with Crippen LogP contribution >= 0.6 is 11.8 Å². The first-order chi connectivity index (χ1) is 12.2. The number of amides is 2. The van der Waals surface area contributed by atoms with Gasteiger partial charge in [-0.2, -0.15) is 0 Å². The van der Waals surface area contributed by atoms with Gasteiger partial charge in [-0.3, -0.25) is 9.59 Å². The van der Waals surface area contributed by atoms with Gasteiger partial charge in [0.05, 0.1) is 5.75 Å². The Morgan fingerprint density at radius 3 is 2.40 bits per heavy atom. The summed E-state index contributed by atoms with van der Waals surface area (Å²) in [4.78, 5) is 23.8. The average molecular weight is 356 g/mol. The number of rotatable bonds is 9. The van der Waals surface area contributed by atoms with Crippen LogP contribution < -0.4 is 10.6 Å². The first-order valence-corrected chi connectivity index (χ1v) is 9.64. The Balaban J connectivity index is 1.72. The highest BCUT2D eigenvalue weighted by molar-refractivity contribution is 7.99. The Bertz CT molecular complexity index is 672. The van der Waals surface area contributed by atoms with Crippen LogP contribution in [0.1, 0.15) is 35.7 Å². The summed E-state index contributed by atoms with van der Waals surface area (Å²) in [5.41, 5.74) is 2.58. The van der Waals surface area contributed by atoms with E-state index in [9.17, 15) is 9.59 Å². The van der Waals surface area contributed by atoms with Crippen LogP contribution in [-0.4, -0.2) is 24.1 Å². The molecule has 2 rings (SSSR count). The minimum atomic E-state index is -0.0325. The molecule has 0 aliphatic rings. The van der Waals surface area contributed by atoms with E-state index < -0.39 is 0 Å². The lowest BCUT2D eigenvalue weighted by Gasteiger charge is -2.07. The Morgan fingerprint density at radius 1 is 1.00 bits per heavy atom. The van der Waals surface area contributed by atoms with Crippen molar-refractivity contribution in [2.45, 2.75) is 25.5 Å². The van der Waals surface area contributed by atoms with Gasteiger partial charge in [-0.15, -0.1) is 11.8 Å². The van der Waals surface area contributed by atoms with Crippen molar-refractivity contribution in [2.75, 3.05) is 17.6 Å². The molecule has 0 aliphatic heterocycles. The van der Waals surface area contributed by atoms with Gasteiger partial charge in [-0.1, -0.05) is 43.7 Å². The molecule has 0 bridgehead atoms. The van der Waals surface area contributed by atoms with Crippen LogP contribution in [0.3, 0.4) is 0 Å². The zero-order chi connectivity index (χ0) is 17.9. The van der Waals surface area contributed by atoms with Crippen LogP contribution in [0.25, 0.3) is 0 Å². The number of hydrogen-bond acceptors (Lipinski definition) is 3. The fraction of sp³-hybridized carbons (Fsp3) is 0.300. The first-order valence-electron chi connectivity index (χ1n) is 8.49. The number of thioether (sulfide) groups is 1. The molecule has 2 aromatic rings. The molecule has 0 atom stereocenters. The van der Waals surface area contributed by atoms with E-state index in [0.29, 0.717) is 17.9 Å². The van der Waals surface area contributed by atoms with Gasteiger partial charge in [0.25, 0.3) is 5.91 Å². The van der Waals surface area contributed by atoms with Crippen LogP contribution in [0.4, 0.5) is 5.69 Å². The minimum Gasteiger partial charge on any atom is -0.352 e. The lowest BCUT2D eigenvalue weighted by Crippen LogP contribution is -2.24. The molecule has 0 spiro atoms. The topological polar surface area (TPSA) is 58.2 Å². The zero-order valence-corrected chi connectivity index (χ0v) is 15.3. The van der Waals surface area contributed by atoms with E-state index in [2.05, 4.69) is 17.6 Å². The van der Waals surface area contributed by atoms with Crippen molar-refractivity contribution in [3.63, 3.8) is 0 Å². The number of unbranched alkanes of at least 4 members (excludes halogenated alkanes) is 1. The molecular formula is C20H24N2O2S. The van der Waals surface area contributed by atoms with E-state index in [1.165, 1.54) is 0 Å². The smallest absolute Gasteiger partial charge is 0.251 e. The minimum absolute atomic E-state index is 0.0110. The predicted molar refractivity (Wildman–Crippen MR) is 105 cm³/mol. The van der Waals surface area contributed by atoms with Crippen LogP contribution in [0.5, 0.6) is 0 Å². The van der Waals surface area contributed by atoms with Gasteiger partial charge in [-0.25, -0.2) is 0 Å². The Labute approximate surface area is 153 Å². The second-order valence-electron chi connectivity index (χ2n) is 5.71. The third kappa shape index (κ3) is 7.01. The molecule has 0 saturated carbocycles. The number of hydrogen-bond donors (Lipinski definition) is 2. The fourth-order valence-electron chi connectivity index (χ4n) is 2.21. The van der Waals surface area contributed by atoms with Crippen molar-refractivity contribution in [2.24, 2.45) is 0 Å². The highest BCUT2D eigenvalue weighted by atomic mass is 32.2. The van der Waals surface area contributed by atoms with E-state index in [-0.39, 0.29) is 11.8 Å². The van der Waals surface area contributed by atoms with Crippen LogP contribution in [0, 0.1) is 0 Å². The molecule has 25 heavy (non-hydrogen) atoms. The Hall–Kier alpha value is -2.27. The standard InChI is InChI=1S/C20H24N2O2S/c1-2-3-13-21-20(24)17-11-9-16(10-12-17)14-25-15-19(23)22-18-7-5-4-6-8-18/h4-12H,2-3,13-15H2,1H3,(H,21,24)(H,22,23). The highest BCUT2D eigenvalue weighted by Gasteiger charge is 2.06. The zero-order valence-electron chi connectivity index (χ0n) is 14.5. The van der Waals surface area contributed by atoms with Crippen molar-refractivity contribution in [1.29, 1.82) is 0 Å². The van der Waals surface area contributed by atoms with Gasteiger partial charge < -0.3 is 10.6 Å². The second kappa shape index (κ2) is 10.6. The second-order valence-corrected chi connectivity index (χ2v) is 6.70. The molecule has 0 radical (unpaired) electrons. The van der Waals surface area contributed by atoms with Crippen molar-refractivity contribution < 1.29 is 9.59 Å². The molecule has 2 N–H and O–H groups in total. The summed E-state index contributed by atoms with van der Waals surface area (Å²) in [6.45, 7) is 2.81. The molecule has 4 nitrogen and oxygen atoms in total. The van der Waals surface area contributed by atoms with E-state index in [0.717, 1.165) is 29.8 Å². The van der Waals surface area contributed by atoms with Gasteiger partial charge >= 0.3 is 0 Å². The number of anilines is 1. The third-order valence-corrected chi connectivity index (χ3v) is 4.60. The summed E-state index contributed by atoms with van der Waals surface area (Å²) in [5.74, 6) is 1.09. The lowest BCUT2D eigenvalue weighted by atomic mass is 10.1. The van der Waals surface area contributed by atoms with Crippen LogP contribution in [0.2, 0.25) is 0 Å². The van der Waals surface area contributed by atoms with E-state index >= 15 is 0 Å². The summed E-state index contributed by atoms with van der Waals surface area (Å²) in [7, 11) is 0. The van der Waals surface area contributed by atoms with Crippen molar-refractivity contribution in [3.8, 4) is 0 Å². The molecule has 0 aromatic heterocycles. The number of para-hydroxylation sites is 1. The van der Waals surface area contributed by atoms with Gasteiger partial charge in [0.15, 0.2) is 0 Å². The molecule has 132 valence electrons. The van der Waals surface area contributed by atoms with Gasteiger partial charge in [-0.05, 0) is 36.2 Å². The molecule has 0 aliphatic carbocycles. The molecule has 5 heteroatoms. The summed E-state index contributed by atoms with van der Waals surface area (Å²) < 4.78 is 0. The maximum absolute atomic E-state index is 11.9. The number of nitrogens with one attached hydrogen (secondary N) is 2. The molecule has 2 aromatic carbocycles. The SMILES string of the molecule is CCCCNC(=O)c1ccc(CSCC(=O)Nc2ccccc2)cc1. The maximum atomic E-state index is 11.9. The molecule has 2 amide bonds. The normalized spacial score (nSPS) is 10.3. The Kier molecular flexibility index (Phi) is 8.05. The predicted octanol–water partition coefficient (Wildman–Crippen LogP) is 4.09. The van der Waals surface area contributed by atoms with Gasteiger partial charge in [0.2, 0.25) is 5.91 Å². The van der Waals surface area contributed by atoms with Crippen LogP contribution in [-0.2, 0) is 10.5 Å². The molecule has 0 heterocycles. The quantitative estimate of drug-likeness (QED) is 0.665. The van der Waals surface area contributed by atoms with Gasteiger partial charge in [0.1, 0.15) is 0 Å². The van der Waals surface area contributed by atoms with Crippen molar-refractivity contribution >= 4 is 29.3 Å². The van der Waals surface area contributed by atoms with Crippen molar-refractivity contribution in [3.05, 3.63) is 65.7 Å². The Morgan fingerprint density at radius 2 is 1.72 bits per heavy atom. The molecular weight excluding hydrogens is 332 g/mol.